The number of nitrogens with two attached hydrogens (primary N) is 1. The summed E-state index contributed by atoms with van der Waals surface area (Å²) >= 11 is 0. The van der Waals surface area contributed by atoms with E-state index in [2.05, 4.69) is 4.90 Å². The van der Waals surface area contributed by atoms with Gasteiger partial charge in [-0.3, -0.25) is 0 Å². The number of hydrogen-bond donors (Lipinski definition) is 1. The fraction of sp³-hybridized carbons (Fsp3) is 1.00. The van der Waals surface area contributed by atoms with Crippen molar-refractivity contribution >= 4 is 0 Å². The molecule has 0 aromatic heterocycles. The number of halogens is 1. The van der Waals surface area contributed by atoms with Gasteiger partial charge >= 0.3 is 0 Å². The number of likely N-dealkylation sites (tertiary alicyclic amines) is 1. The second kappa shape index (κ2) is 2.72. The van der Waals surface area contributed by atoms with E-state index in [1.54, 1.807) is 6.92 Å². The molecular formula is C8H17FN2. The van der Waals surface area contributed by atoms with Gasteiger partial charge in [-0.05, 0) is 14.0 Å². The van der Waals surface area contributed by atoms with Gasteiger partial charge in [-0.15, -0.1) is 0 Å². The van der Waals surface area contributed by atoms with Crippen LogP contribution in [-0.4, -0.2) is 36.7 Å². The Morgan fingerprint density at radius 3 is 2.55 bits per heavy atom. The Kier molecular flexibility index (Phi) is 2.21. The summed E-state index contributed by atoms with van der Waals surface area (Å²) in [5.74, 6) is 0.0382. The van der Waals surface area contributed by atoms with Crippen LogP contribution in [-0.2, 0) is 0 Å². The van der Waals surface area contributed by atoms with Gasteiger partial charge in [0, 0.05) is 19.0 Å². The van der Waals surface area contributed by atoms with Gasteiger partial charge in [0.2, 0.25) is 0 Å². The smallest absolute Gasteiger partial charge is 0.128 e. The van der Waals surface area contributed by atoms with E-state index in [4.69, 9.17) is 5.73 Å². The average Bonchev–Trinajstić information content (AvgIpc) is 1.84. The van der Waals surface area contributed by atoms with Crippen molar-refractivity contribution in [3.8, 4) is 0 Å². The van der Waals surface area contributed by atoms with Gasteiger partial charge in [-0.1, -0.05) is 6.92 Å². The maximum Gasteiger partial charge on any atom is 0.128 e. The van der Waals surface area contributed by atoms with Crippen LogP contribution in [0.15, 0.2) is 0 Å². The second-order valence-corrected chi connectivity index (χ2v) is 3.88. The van der Waals surface area contributed by atoms with Crippen molar-refractivity contribution in [2.45, 2.75) is 25.6 Å². The first-order valence-electron chi connectivity index (χ1n) is 4.07. The van der Waals surface area contributed by atoms with E-state index < -0.39 is 5.67 Å². The summed E-state index contributed by atoms with van der Waals surface area (Å²) in [5, 5.41) is 0. The fourth-order valence-electron chi connectivity index (χ4n) is 1.60. The number of hydrogen-bond acceptors (Lipinski definition) is 2. The van der Waals surface area contributed by atoms with E-state index in [1.807, 2.05) is 14.0 Å². The predicted octanol–water partition coefficient (Wildman–Crippen LogP) is 0.623. The first-order valence-corrected chi connectivity index (χ1v) is 4.07. The van der Waals surface area contributed by atoms with Crippen molar-refractivity contribution < 1.29 is 4.39 Å². The molecule has 0 aromatic carbocycles. The first kappa shape index (κ1) is 8.94. The van der Waals surface area contributed by atoms with Gasteiger partial charge in [-0.2, -0.15) is 0 Å². The van der Waals surface area contributed by atoms with Gasteiger partial charge in [0.05, 0.1) is 6.04 Å². The second-order valence-electron chi connectivity index (χ2n) is 3.88. The van der Waals surface area contributed by atoms with Crippen molar-refractivity contribution in [1.82, 2.24) is 4.90 Å². The van der Waals surface area contributed by atoms with Gasteiger partial charge in [0.1, 0.15) is 5.67 Å². The Hall–Kier alpha value is -0.150. The zero-order valence-corrected chi connectivity index (χ0v) is 7.47. The van der Waals surface area contributed by atoms with Crippen LogP contribution in [0.2, 0.25) is 0 Å². The summed E-state index contributed by atoms with van der Waals surface area (Å²) in [6, 6.07) is -0.337. The van der Waals surface area contributed by atoms with Crippen molar-refractivity contribution in [1.29, 1.82) is 0 Å². The van der Waals surface area contributed by atoms with E-state index in [0.29, 0.717) is 6.54 Å². The SMILES string of the molecule is CC1CN(C)CC(N)C1(C)F. The quantitative estimate of drug-likeness (QED) is 0.563. The van der Waals surface area contributed by atoms with Crippen LogP contribution in [0.25, 0.3) is 0 Å². The normalized spacial score (nSPS) is 47.7. The van der Waals surface area contributed by atoms with Gasteiger partial charge < -0.3 is 10.6 Å². The lowest BCUT2D eigenvalue weighted by molar-refractivity contribution is 0.0101. The largest absolute Gasteiger partial charge is 0.324 e. The lowest BCUT2D eigenvalue weighted by Crippen LogP contribution is -2.59. The Bertz CT molecular complexity index is 133. The lowest BCUT2D eigenvalue weighted by atomic mass is 9.82. The Morgan fingerprint density at radius 1 is 1.55 bits per heavy atom. The molecule has 3 heteroatoms. The topological polar surface area (TPSA) is 29.3 Å². The van der Waals surface area contributed by atoms with Gasteiger partial charge in [0.15, 0.2) is 0 Å². The number of piperidine rings is 1. The lowest BCUT2D eigenvalue weighted by Gasteiger charge is -2.42. The maximum atomic E-state index is 13.7. The Labute approximate surface area is 67.6 Å². The van der Waals surface area contributed by atoms with Crippen molar-refractivity contribution in [2.24, 2.45) is 11.7 Å². The molecule has 3 unspecified atom stereocenters. The van der Waals surface area contributed by atoms with Crippen LogP contribution < -0.4 is 5.73 Å². The monoisotopic (exact) mass is 160 g/mol. The minimum absolute atomic E-state index is 0.0382. The Balaban J connectivity index is 2.67. The molecule has 1 fully saturated rings. The van der Waals surface area contributed by atoms with Crippen molar-refractivity contribution in [3.63, 3.8) is 0 Å². The minimum atomic E-state index is -1.19. The predicted molar refractivity (Wildman–Crippen MR) is 44.1 cm³/mol. The molecule has 1 rings (SSSR count). The Morgan fingerprint density at radius 2 is 2.09 bits per heavy atom. The van der Waals surface area contributed by atoms with Crippen LogP contribution in [0.3, 0.4) is 0 Å². The summed E-state index contributed by atoms with van der Waals surface area (Å²) < 4.78 is 13.7. The molecule has 0 saturated carbocycles. The molecule has 0 amide bonds. The van der Waals surface area contributed by atoms with Crippen LogP contribution in [0.1, 0.15) is 13.8 Å². The fourth-order valence-corrected chi connectivity index (χ4v) is 1.60. The summed E-state index contributed by atoms with van der Waals surface area (Å²) in [7, 11) is 1.98. The third-order valence-electron chi connectivity index (χ3n) is 2.78. The first-order chi connectivity index (χ1) is 4.94. The molecule has 1 aliphatic rings. The minimum Gasteiger partial charge on any atom is -0.324 e. The third kappa shape index (κ3) is 1.54. The highest BCUT2D eigenvalue weighted by Gasteiger charge is 2.41. The van der Waals surface area contributed by atoms with Crippen LogP contribution in [0.5, 0.6) is 0 Å². The molecular weight excluding hydrogens is 143 g/mol. The third-order valence-corrected chi connectivity index (χ3v) is 2.78. The summed E-state index contributed by atoms with van der Waals surface area (Å²) in [6.07, 6.45) is 0. The van der Waals surface area contributed by atoms with Crippen LogP contribution in [0.4, 0.5) is 4.39 Å². The number of nitrogens with zero attached hydrogens (tertiary/aromatic N) is 1. The molecule has 1 aliphatic heterocycles. The molecule has 1 heterocycles. The standard InChI is InChI=1S/C8H17FN2/c1-6-4-11(3)5-7(10)8(6,2)9/h6-7H,4-5,10H2,1-3H3. The molecule has 0 spiro atoms. The van der Waals surface area contributed by atoms with Crippen LogP contribution in [0, 0.1) is 5.92 Å². The van der Waals surface area contributed by atoms with E-state index in [1.165, 1.54) is 0 Å². The average molecular weight is 160 g/mol. The van der Waals surface area contributed by atoms with E-state index in [9.17, 15) is 4.39 Å². The van der Waals surface area contributed by atoms with E-state index >= 15 is 0 Å². The summed E-state index contributed by atoms with van der Waals surface area (Å²) in [5.41, 5.74) is 4.49. The number of likely N-dealkylation sites (N-methyl/N-ethyl adjacent to an activating group) is 1. The summed E-state index contributed by atoms with van der Waals surface area (Å²) in [6.45, 7) is 4.99. The molecule has 3 atom stereocenters. The molecule has 0 aromatic rings. The van der Waals surface area contributed by atoms with Crippen molar-refractivity contribution in [3.05, 3.63) is 0 Å². The summed E-state index contributed by atoms with van der Waals surface area (Å²) in [4.78, 5) is 2.08. The van der Waals surface area contributed by atoms with Gasteiger partial charge in [-0.25, -0.2) is 4.39 Å². The van der Waals surface area contributed by atoms with E-state index in [0.717, 1.165) is 6.54 Å². The molecule has 0 bridgehead atoms. The molecule has 11 heavy (non-hydrogen) atoms. The molecule has 0 aliphatic carbocycles. The van der Waals surface area contributed by atoms with Crippen LogP contribution >= 0.6 is 0 Å². The zero-order chi connectivity index (χ0) is 8.65. The number of alkyl halides is 1. The highest BCUT2D eigenvalue weighted by Crippen LogP contribution is 2.29. The van der Waals surface area contributed by atoms with Gasteiger partial charge in [0.25, 0.3) is 0 Å². The molecule has 2 N–H and O–H groups in total. The molecule has 2 nitrogen and oxygen atoms in total. The van der Waals surface area contributed by atoms with Crippen molar-refractivity contribution in [2.75, 3.05) is 20.1 Å². The highest BCUT2D eigenvalue weighted by atomic mass is 19.1. The maximum absolute atomic E-state index is 13.7. The zero-order valence-electron chi connectivity index (χ0n) is 7.47. The molecule has 66 valence electrons. The highest BCUT2D eigenvalue weighted by molar-refractivity contribution is 4.96. The number of rotatable bonds is 0. The molecule has 0 radical (unpaired) electrons. The molecule has 1 saturated heterocycles. The van der Waals surface area contributed by atoms with E-state index in [-0.39, 0.29) is 12.0 Å².